The van der Waals surface area contributed by atoms with E-state index in [2.05, 4.69) is 46.5 Å². The summed E-state index contributed by atoms with van der Waals surface area (Å²) in [4.78, 5) is 8.40. The maximum Gasteiger partial charge on any atom is 0.193 e. The van der Waals surface area contributed by atoms with E-state index in [0.717, 1.165) is 25.7 Å². The average molecular weight is 406 g/mol. The third-order valence-corrected chi connectivity index (χ3v) is 3.11. The van der Waals surface area contributed by atoms with Crippen LogP contribution in [0.2, 0.25) is 0 Å². The molecule has 0 saturated carbocycles. The molecule has 1 aromatic rings. The van der Waals surface area contributed by atoms with Crippen LogP contribution in [0.1, 0.15) is 5.56 Å². The van der Waals surface area contributed by atoms with Gasteiger partial charge in [0, 0.05) is 54.1 Å². The van der Waals surface area contributed by atoms with E-state index in [1.807, 2.05) is 19.0 Å². The molecule has 0 heterocycles. The molecule has 1 aromatic carbocycles. The molecular weight excluding hydrogens is 379 g/mol. The SMILES string of the molecule is CN=C(NCc1ccccc1N(C)CCOC)N(C)C.I. The summed E-state index contributed by atoms with van der Waals surface area (Å²) in [6.45, 7) is 2.34. The van der Waals surface area contributed by atoms with Crippen molar-refractivity contribution in [2.24, 2.45) is 4.99 Å². The van der Waals surface area contributed by atoms with Crippen LogP contribution >= 0.6 is 24.0 Å². The number of aliphatic imine (C=N–C) groups is 1. The lowest BCUT2D eigenvalue weighted by Crippen LogP contribution is -2.36. The molecule has 0 bridgehead atoms. The first kappa shape index (κ1) is 20.0. The Balaban J connectivity index is 0.00000400. The standard InChI is InChI=1S/C15H26N4O.HI/c1-16-15(18(2)3)17-12-13-8-6-7-9-14(13)19(4)10-11-20-5;/h6-9H,10-12H2,1-5H3,(H,16,17);1H. The van der Waals surface area contributed by atoms with Gasteiger partial charge in [-0.3, -0.25) is 4.99 Å². The summed E-state index contributed by atoms with van der Waals surface area (Å²) in [5.74, 6) is 0.874. The summed E-state index contributed by atoms with van der Waals surface area (Å²) in [6.07, 6.45) is 0. The number of methoxy groups -OCH3 is 1. The molecule has 0 aliphatic rings. The highest BCUT2D eigenvalue weighted by Gasteiger charge is 2.08. The van der Waals surface area contributed by atoms with Crippen molar-refractivity contribution in [1.82, 2.24) is 10.2 Å². The van der Waals surface area contributed by atoms with Gasteiger partial charge >= 0.3 is 0 Å². The van der Waals surface area contributed by atoms with E-state index < -0.39 is 0 Å². The molecule has 0 aliphatic carbocycles. The summed E-state index contributed by atoms with van der Waals surface area (Å²) in [7, 11) is 9.55. The van der Waals surface area contributed by atoms with Gasteiger partial charge in [-0.25, -0.2) is 0 Å². The molecule has 1 N–H and O–H groups in total. The zero-order valence-electron chi connectivity index (χ0n) is 13.6. The lowest BCUT2D eigenvalue weighted by atomic mass is 10.1. The van der Waals surface area contributed by atoms with Crippen molar-refractivity contribution in [3.05, 3.63) is 29.8 Å². The minimum atomic E-state index is 0. The molecule has 0 unspecified atom stereocenters. The Kier molecular flexibility index (Phi) is 10.2. The zero-order chi connectivity index (χ0) is 15.0. The van der Waals surface area contributed by atoms with Crippen molar-refractivity contribution in [3.8, 4) is 0 Å². The quantitative estimate of drug-likeness (QED) is 0.446. The van der Waals surface area contributed by atoms with Gasteiger partial charge in [-0.15, -0.1) is 24.0 Å². The number of hydrogen-bond donors (Lipinski definition) is 1. The number of nitrogens with one attached hydrogen (secondary N) is 1. The number of para-hydroxylation sites is 1. The summed E-state index contributed by atoms with van der Waals surface area (Å²) in [6, 6.07) is 8.38. The summed E-state index contributed by atoms with van der Waals surface area (Å²) < 4.78 is 5.14. The Bertz CT molecular complexity index is 437. The molecule has 1 rings (SSSR count). The number of ether oxygens (including phenoxy) is 1. The number of halogens is 1. The highest BCUT2D eigenvalue weighted by molar-refractivity contribution is 14.0. The van der Waals surface area contributed by atoms with Crippen molar-refractivity contribution < 1.29 is 4.74 Å². The van der Waals surface area contributed by atoms with Gasteiger partial charge in [0.15, 0.2) is 5.96 Å². The van der Waals surface area contributed by atoms with Crippen LogP contribution in [0.25, 0.3) is 0 Å². The molecule has 0 aromatic heterocycles. The smallest absolute Gasteiger partial charge is 0.193 e. The van der Waals surface area contributed by atoms with Crippen molar-refractivity contribution >= 4 is 35.6 Å². The third-order valence-electron chi connectivity index (χ3n) is 3.11. The van der Waals surface area contributed by atoms with Gasteiger partial charge in [0.05, 0.1) is 6.61 Å². The second-order valence-electron chi connectivity index (χ2n) is 4.84. The van der Waals surface area contributed by atoms with Gasteiger partial charge in [-0.1, -0.05) is 18.2 Å². The minimum Gasteiger partial charge on any atom is -0.383 e. The molecule has 0 saturated heterocycles. The van der Waals surface area contributed by atoms with Crippen molar-refractivity contribution in [3.63, 3.8) is 0 Å². The van der Waals surface area contributed by atoms with Crippen LogP contribution < -0.4 is 10.2 Å². The van der Waals surface area contributed by atoms with Crippen molar-refractivity contribution in [2.75, 3.05) is 53.4 Å². The molecule has 21 heavy (non-hydrogen) atoms. The van der Waals surface area contributed by atoms with Crippen molar-refractivity contribution in [2.45, 2.75) is 6.54 Å². The van der Waals surface area contributed by atoms with Gasteiger partial charge in [0.25, 0.3) is 0 Å². The Morgan fingerprint density at radius 1 is 1.24 bits per heavy atom. The molecule has 0 amide bonds. The third kappa shape index (κ3) is 6.52. The predicted molar refractivity (Wildman–Crippen MR) is 101 cm³/mol. The second kappa shape index (κ2) is 10.7. The Hall–Kier alpha value is -1.02. The fourth-order valence-electron chi connectivity index (χ4n) is 1.99. The fourth-order valence-corrected chi connectivity index (χ4v) is 1.99. The minimum absolute atomic E-state index is 0. The van der Waals surface area contributed by atoms with Crippen LogP contribution in [0.3, 0.4) is 0 Å². The zero-order valence-corrected chi connectivity index (χ0v) is 15.9. The highest BCUT2D eigenvalue weighted by Crippen LogP contribution is 2.18. The van der Waals surface area contributed by atoms with Crippen LogP contribution in [0.4, 0.5) is 5.69 Å². The first-order chi connectivity index (χ1) is 9.60. The molecule has 6 heteroatoms. The summed E-state index contributed by atoms with van der Waals surface area (Å²) in [5.41, 5.74) is 2.46. The molecule has 120 valence electrons. The topological polar surface area (TPSA) is 40.1 Å². The molecular formula is C15H27IN4O. The lowest BCUT2D eigenvalue weighted by Gasteiger charge is -2.23. The normalized spacial score (nSPS) is 10.8. The number of guanidine groups is 1. The highest BCUT2D eigenvalue weighted by atomic mass is 127. The number of likely N-dealkylation sites (N-methyl/N-ethyl adjacent to an activating group) is 1. The first-order valence-corrected chi connectivity index (χ1v) is 6.76. The lowest BCUT2D eigenvalue weighted by molar-refractivity contribution is 0.206. The number of benzene rings is 1. The molecule has 5 nitrogen and oxygen atoms in total. The predicted octanol–water partition coefficient (Wildman–Crippen LogP) is 2.02. The van der Waals surface area contributed by atoms with Crippen LogP contribution in [0.5, 0.6) is 0 Å². The second-order valence-corrected chi connectivity index (χ2v) is 4.84. The van der Waals surface area contributed by atoms with E-state index in [0.29, 0.717) is 0 Å². The van der Waals surface area contributed by atoms with Crippen molar-refractivity contribution in [1.29, 1.82) is 0 Å². The Labute approximate surface area is 145 Å². The first-order valence-electron chi connectivity index (χ1n) is 6.76. The van der Waals surface area contributed by atoms with Crippen LogP contribution in [0.15, 0.2) is 29.3 Å². The summed E-state index contributed by atoms with van der Waals surface area (Å²) in [5, 5.41) is 3.35. The van der Waals surface area contributed by atoms with Gasteiger partial charge in [-0.05, 0) is 11.6 Å². The fraction of sp³-hybridized carbons (Fsp3) is 0.533. The number of anilines is 1. The summed E-state index contributed by atoms with van der Waals surface area (Å²) >= 11 is 0. The Morgan fingerprint density at radius 2 is 1.90 bits per heavy atom. The average Bonchev–Trinajstić information content (AvgIpc) is 2.45. The molecule has 0 fully saturated rings. The van der Waals surface area contributed by atoms with E-state index in [1.165, 1.54) is 11.3 Å². The van der Waals surface area contributed by atoms with Gasteiger partial charge in [-0.2, -0.15) is 0 Å². The van der Waals surface area contributed by atoms with Crippen LogP contribution in [0, 0.1) is 0 Å². The molecule has 0 spiro atoms. The van der Waals surface area contributed by atoms with E-state index >= 15 is 0 Å². The number of rotatable bonds is 6. The van der Waals surface area contributed by atoms with Gasteiger partial charge in [0.2, 0.25) is 0 Å². The molecule has 0 radical (unpaired) electrons. The van der Waals surface area contributed by atoms with E-state index in [9.17, 15) is 0 Å². The van der Waals surface area contributed by atoms with E-state index in [1.54, 1.807) is 14.2 Å². The monoisotopic (exact) mass is 406 g/mol. The molecule has 0 aliphatic heterocycles. The van der Waals surface area contributed by atoms with Gasteiger partial charge < -0.3 is 19.9 Å². The van der Waals surface area contributed by atoms with Crippen LogP contribution in [-0.4, -0.2) is 59.3 Å². The number of nitrogens with zero attached hydrogens (tertiary/aromatic N) is 3. The maximum absolute atomic E-state index is 5.14. The Morgan fingerprint density at radius 3 is 2.48 bits per heavy atom. The van der Waals surface area contributed by atoms with Gasteiger partial charge in [0.1, 0.15) is 0 Å². The van der Waals surface area contributed by atoms with E-state index in [-0.39, 0.29) is 24.0 Å². The largest absolute Gasteiger partial charge is 0.383 e. The number of hydrogen-bond acceptors (Lipinski definition) is 3. The molecule has 0 atom stereocenters. The van der Waals surface area contributed by atoms with Crippen LogP contribution in [-0.2, 0) is 11.3 Å². The van der Waals surface area contributed by atoms with E-state index in [4.69, 9.17) is 4.74 Å². The maximum atomic E-state index is 5.14.